The molecule has 0 aliphatic carbocycles. The number of halogens is 4. The van der Waals surface area contributed by atoms with Gasteiger partial charge in [0.15, 0.2) is 0 Å². The van der Waals surface area contributed by atoms with Crippen LogP contribution in [0.25, 0.3) is 70.9 Å². The molecule has 0 atom stereocenters. The van der Waals surface area contributed by atoms with Gasteiger partial charge in [0, 0.05) is 17.1 Å². The van der Waals surface area contributed by atoms with Crippen molar-refractivity contribution in [1.29, 1.82) is 0 Å². The van der Waals surface area contributed by atoms with Gasteiger partial charge in [0.05, 0.1) is 0 Å². The summed E-state index contributed by atoms with van der Waals surface area (Å²) in [6, 6.07) is 52.4. The first-order chi connectivity index (χ1) is 25.9. The van der Waals surface area contributed by atoms with Crippen LogP contribution >= 0.6 is 22.6 Å². The Morgan fingerprint density at radius 2 is 1.08 bits per heavy atom. The minimum absolute atomic E-state index is 0.0967. The summed E-state index contributed by atoms with van der Waals surface area (Å²) in [6.07, 6.45) is 0. The summed E-state index contributed by atoms with van der Waals surface area (Å²) < 4.78 is 47.6. The molecule has 10 rings (SSSR count). The van der Waals surface area contributed by atoms with Gasteiger partial charge in [-0.15, -0.1) is 0 Å². The number of rotatable bonds is 5. The van der Waals surface area contributed by atoms with Crippen molar-refractivity contribution >= 4 is 123 Å². The molecule has 10 aromatic rings. The SMILES string of the molecule is Fc1c(F)[c]([Tl])c(-n2c3ccccc3c3c4ccc5ccc(-c6ccc(N(c7ccccc7)c7ccccc7)cc6)c6ccc(cc32)c4c56)c(F)c1I. The number of para-hydroxylation sites is 3. The van der Waals surface area contributed by atoms with Crippen molar-refractivity contribution in [3.8, 4) is 16.8 Å². The minimum atomic E-state index is -1.12. The van der Waals surface area contributed by atoms with E-state index in [2.05, 4.69) is 120 Å². The molecule has 7 heteroatoms. The molecule has 1 heterocycles. The molecule has 0 amide bonds. The molecule has 0 aliphatic heterocycles. The molecular weight excluding hydrogens is 969 g/mol. The predicted octanol–water partition coefficient (Wildman–Crippen LogP) is 12.6. The average Bonchev–Trinajstić information content (AvgIpc) is 3.53. The van der Waals surface area contributed by atoms with E-state index in [1.54, 1.807) is 27.2 Å². The second kappa shape index (κ2) is 12.6. The number of nitrogens with zero attached hydrogens (tertiary/aromatic N) is 2. The molecule has 0 saturated heterocycles. The fraction of sp³-hybridized carbons (Fsp3) is 0. The molecule has 53 heavy (non-hydrogen) atoms. The summed E-state index contributed by atoms with van der Waals surface area (Å²) in [4.78, 5) is 2.26. The Bertz CT molecular complexity index is 2980. The number of benzene rings is 9. The average molecular weight is 994 g/mol. The zero-order valence-corrected chi connectivity index (χ0v) is 34.6. The van der Waals surface area contributed by atoms with Gasteiger partial charge in [-0.1, -0.05) is 36.4 Å². The van der Waals surface area contributed by atoms with Crippen LogP contribution in [0.3, 0.4) is 0 Å². The van der Waals surface area contributed by atoms with Gasteiger partial charge in [0.1, 0.15) is 0 Å². The van der Waals surface area contributed by atoms with Crippen molar-refractivity contribution in [1.82, 2.24) is 4.57 Å². The molecule has 9 aromatic carbocycles. The Hall–Kier alpha value is -4.94. The van der Waals surface area contributed by atoms with Gasteiger partial charge in [-0.25, -0.2) is 0 Å². The summed E-state index contributed by atoms with van der Waals surface area (Å²) in [5.41, 5.74) is 7.08. The molecule has 0 spiro atoms. The molecular formula is C46H25F3IN2Tl. The molecule has 0 saturated carbocycles. The van der Waals surface area contributed by atoms with E-state index in [1.165, 1.54) is 0 Å². The molecule has 0 aliphatic rings. The first-order valence-corrected chi connectivity index (χ1v) is 20.5. The van der Waals surface area contributed by atoms with Crippen molar-refractivity contribution in [2.75, 3.05) is 4.90 Å². The van der Waals surface area contributed by atoms with Crippen LogP contribution in [0.5, 0.6) is 0 Å². The third kappa shape index (κ3) is 4.94. The van der Waals surface area contributed by atoms with Crippen LogP contribution in [-0.2, 0) is 0 Å². The van der Waals surface area contributed by atoms with Gasteiger partial charge >= 0.3 is 240 Å². The summed E-state index contributed by atoms with van der Waals surface area (Å²) in [6.45, 7) is 0. The van der Waals surface area contributed by atoms with Gasteiger partial charge in [-0.2, -0.15) is 0 Å². The standard InChI is InChI=1S/C46H25F3IN2.Tl/c47-37-26-40(45(49)46(50)44(37)48)52-38-14-8-7-13-35(38)43-36-24-18-28-17-22-33(34-23-19-29(25-39(43)52)42(36)41(28)34)27-15-20-32(21-16-27)51(30-9-3-1-4-10-30)31-11-5-2-6-12-31;/h1-25H;. The molecule has 0 unspecified atom stereocenters. The normalized spacial score (nSPS) is 11.8. The van der Waals surface area contributed by atoms with E-state index in [0.29, 0.717) is 0 Å². The molecule has 1 aromatic heterocycles. The Kier molecular flexibility index (Phi) is 7.77. The monoisotopic (exact) mass is 994 g/mol. The predicted molar refractivity (Wildman–Crippen MR) is 223 cm³/mol. The van der Waals surface area contributed by atoms with Crippen molar-refractivity contribution < 1.29 is 13.2 Å². The molecule has 0 radical (unpaired) electrons. The van der Waals surface area contributed by atoms with Crippen molar-refractivity contribution in [3.05, 3.63) is 173 Å². The van der Waals surface area contributed by atoms with Crippen LogP contribution in [0.1, 0.15) is 0 Å². The van der Waals surface area contributed by atoms with Crippen LogP contribution < -0.4 is 8.02 Å². The second-order valence-electron chi connectivity index (χ2n) is 13.2. The van der Waals surface area contributed by atoms with E-state index in [4.69, 9.17) is 0 Å². The Balaban J connectivity index is 1.19. The summed E-state index contributed by atoms with van der Waals surface area (Å²) in [7, 11) is 0. The van der Waals surface area contributed by atoms with E-state index in [1.807, 2.05) is 36.4 Å². The number of fused-ring (bicyclic) bond motifs is 4. The Labute approximate surface area is 332 Å². The quantitative estimate of drug-likeness (QED) is 0.0548. The fourth-order valence-electron chi connectivity index (χ4n) is 8.07. The van der Waals surface area contributed by atoms with E-state index in [-0.39, 0.29) is 38.1 Å². The van der Waals surface area contributed by atoms with Gasteiger partial charge < -0.3 is 4.90 Å². The zero-order chi connectivity index (χ0) is 36.0. The molecule has 0 N–H and O–H groups in total. The van der Waals surface area contributed by atoms with Crippen LogP contribution in [0, 0.1) is 21.0 Å². The Morgan fingerprint density at radius 3 is 1.79 bits per heavy atom. The van der Waals surface area contributed by atoms with Crippen molar-refractivity contribution in [2.24, 2.45) is 0 Å². The van der Waals surface area contributed by atoms with E-state index in [9.17, 15) is 4.39 Å². The van der Waals surface area contributed by atoms with E-state index < -0.39 is 17.5 Å². The fourth-order valence-corrected chi connectivity index (χ4v) is 10.0. The van der Waals surface area contributed by atoms with Crippen molar-refractivity contribution in [2.45, 2.75) is 0 Å². The molecule has 0 fully saturated rings. The van der Waals surface area contributed by atoms with Crippen LogP contribution in [-0.4, -0.2) is 30.3 Å². The summed E-state index contributed by atoms with van der Waals surface area (Å²) in [5.74, 6) is -2.82. The number of hydrogen-bond donors (Lipinski definition) is 0. The molecule has 250 valence electrons. The maximum atomic E-state index is 16.1. The summed E-state index contributed by atoms with van der Waals surface area (Å²) in [5, 5.41) is 8.49. The van der Waals surface area contributed by atoms with E-state index in [0.717, 1.165) is 82.3 Å². The number of aromatic nitrogens is 1. The van der Waals surface area contributed by atoms with Gasteiger partial charge in [-0.3, -0.25) is 0 Å². The molecule has 2 nitrogen and oxygen atoms in total. The number of hydrogen-bond acceptors (Lipinski definition) is 1. The third-order valence-electron chi connectivity index (χ3n) is 10.4. The van der Waals surface area contributed by atoms with Gasteiger partial charge in [0.2, 0.25) is 0 Å². The van der Waals surface area contributed by atoms with Crippen LogP contribution in [0.15, 0.2) is 152 Å². The third-order valence-corrected chi connectivity index (χ3v) is 13.4. The first-order valence-electron chi connectivity index (χ1n) is 17.2. The second-order valence-corrected chi connectivity index (χ2v) is 16.6. The van der Waals surface area contributed by atoms with E-state index >= 15 is 8.78 Å². The topological polar surface area (TPSA) is 8.17 Å². The maximum absolute atomic E-state index is 16.1. The Morgan fingerprint density at radius 1 is 0.491 bits per heavy atom. The summed E-state index contributed by atoms with van der Waals surface area (Å²) >= 11 is 1.44. The van der Waals surface area contributed by atoms with Crippen LogP contribution in [0.4, 0.5) is 30.2 Å². The first kappa shape index (κ1) is 32.7. The molecule has 0 bridgehead atoms. The van der Waals surface area contributed by atoms with Gasteiger partial charge in [0.25, 0.3) is 0 Å². The van der Waals surface area contributed by atoms with Gasteiger partial charge in [-0.05, 0) is 36.4 Å². The van der Waals surface area contributed by atoms with Crippen LogP contribution in [0.2, 0.25) is 0 Å². The zero-order valence-electron chi connectivity index (χ0n) is 27.9. The number of anilines is 3. The van der Waals surface area contributed by atoms with Crippen molar-refractivity contribution in [3.63, 3.8) is 0 Å².